The van der Waals surface area contributed by atoms with Crippen molar-refractivity contribution in [1.29, 1.82) is 0 Å². The smallest absolute Gasteiger partial charge is 0.337 e. The zero-order chi connectivity index (χ0) is 13.3. The van der Waals surface area contributed by atoms with Crippen molar-refractivity contribution >= 4 is 35.4 Å². The number of nitrogens with one attached hydrogen (secondary N) is 2. The van der Waals surface area contributed by atoms with Gasteiger partial charge in [0, 0.05) is 11.9 Å². The Kier molecular flexibility index (Phi) is 3.65. The van der Waals surface area contributed by atoms with Gasteiger partial charge in [0.25, 0.3) is 0 Å². The molecule has 2 amide bonds. The Morgan fingerprint density at radius 2 is 2.28 bits per heavy atom. The maximum absolute atomic E-state index is 11.2. The highest BCUT2D eigenvalue weighted by Crippen LogP contribution is 2.29. The van der Waals surface area contributed by atoms with E-state index in [4.69, 9.17) is 16.7 Å². The molecule has 1 aliphatic heterocycles. The molecule has 0 aliphatic carbocycles. The highest BCUT2D eigenvalue weighted by molar-refractivity contribution is 7.99. The molecule has 0 aromatic heterocycles. The van der Waals surface area contributed by atoms with Crippen LogP contribution in [0.4, 0.5) is 4.79 Å². The molecule has 6 nitrogen and oxygen atoms in total. The van der Waals surface area contributed by atoms with Crippen LogP contribution >= 0.6 is 23.4 Å². The lowest BCUT2D eigenvalue weighted by atomic mass is 10.2. The molecule has 8 heteroatoms. The molecule has 1 heterocycles. The zero-order valence-electron chi connectivity index (χ0n) is 9.31. The number of hydrogen-bond donors (Lipinski definition) is 3. The van der Waals surface area contributed by atoms with Gasteiger partial charge in [-0.1, -0.05) is 23.4 Å². The summed E-state index contributed by atoms with van der Waals surface area (Å²) in [5, 5.41) is 9.02. The minimum absolute atomic E-state index is 0.0583. The van der Waals surface area contributed by atoms with E-state index in [0.717, 1.165) is 4.90 Å². The molecule has 2 rings (SSSR count). The van der Waals surface area contributed by atoms with Crippen molar-refractivity contribution in [1.82, 2.24) is 15.8 Å². The van der Waals surface area contributed by atoms with Crippen LogP contribution in [0.15, 0.2) is 23.1 Å². The minimum atomic E-state index is -1.07. The summed E-state index contributed by atoms with van der Waals surface area (Å²) in [6.07, 6.45) is 0. The number of carbonyl (C=O) groups is 2. The van der Waals surface area contributed by atoms with Gasteiger partial charge in [0.2, 0.25) is 0 Å². The Morgan fingerprint density at radius 1 is 1.56 bits per heavy atom. The molecule has 96 valence electrons. The van der Waals surface area contributed by atoms with E-state index in [-0.39, 0.29) is 22.1 Å². The van der Waals surface area contributed by atoms with Crippen LogP contribution in [-0.2, 0) is 0 Å². The molecule has 0 bridgehead atoms. The molecule has 1 unspecified atom stereocenters. The molecule has 0 saturated carbocycles. The van der Waals surface area contributed by atoms with Crippen molar-refractivity contribution in [3.8, 4) is 0 Å². The number of amides is 2. The van der Waals surface area contributed by atoms with E-state index in [9.17, 15) is 9.59 Å². The normalized spacial score (nSPS) is 18.9. The molecule has 1 aromatic carbocycles. The van der Waals surface area contributed by atoms with Gasteiger partial charge in [-0.05, 0) is 18.2 Å². The highest BCUT2D eigenvalue weighted by Gasteiger charge is 2.27. The molecule has 3 N–H and O–H groups in total. The second-order valence-electron chi connectivity index (χ2n) is 3.60. The topological polar surface area (TPSA) is 81.7 Å². The van der Waals surface area contributed by atoms with Gasteiger partial charge in [-0.25, -0.2) is 15.0 Å². The number of benzene rings is 1. The third-order valence-electron chi connectivity index (χ3n) is 2.39. The molecule has 0 spiro atoms. The third kappa shape index (κ3) is 2.53. The van der Waals surface area contributed by atoms with Crippen LogP contribution in [0.2, 0.25) is 5.02 Å². The molecule has 0 radical (unpaired) electrons. The molecule has 1 aliphatic rings. The first kappa shape index (κ1) is 13.0. The van der Waals surface area contributed by atoms with Crippen molar-refractivity contribution in [2.75, 3.05) is 7.05 Å². The van der Waals surface area contributed by atoms with Crippen LogP contribution in [0.1, 0.15) is 10.4 Å². The van der Waals surface area contributed by atoms with E-state index in [2.05, 4.69) is 10.9 Å². The Bertz CT molecular complexity index is 511. The summed E-state index contributed by atoms with van der Waals surface area (Å²) in [5.74, 6) is -1.07. The molecule has 1 saturated heterocycles. The SMILES string of the molecule is CN1C(=O)NNC1Sc1ccc(C(=O)O)c(Cl)c1. The van der Waals surface area contributed by atoms with Gasteiger partial charge in [0.15, 0.2) is 5.50 Å². The van der Waals surface area contributed by atoms with Gasteiger partial charge in [-0.15, -0.1) is 0 Å². The Labute approximate surface area is 112 Å². The largest absolute Gasteiger partial charge is 0.478 e. The summed E-state index contributed by atoms with van der Waals surface area (Å²) in [7, 11) is 1.65. The maximum atomic E-state index is 11.2. The summed E-state index contributed by atoms with van der Waals surface area (Å²) in [6.45, 7) is 0. The number of thioether (sulfide) groups is 1. The van der Waals surface area contributed by atoms with Gasteiger partial charge in [0.05, 0.1) is 10.6 Å². The maximum Gasteiger partial charge on any atom is 0.337 e. The Morgan fingerprint density at radius 3 is 2.78 bits per heavy atom. The van der Waals surface area contributed by atoms with Gasteiger partial charge < -0.3 is 10.0 Å². The quantitative estimate of drug-likeness (QED) is 0.786. The lowest BCUT2D eigenvalue weighted by Gasteiger charge is -2.16. The number of rotatable bonds is 3. The van der Waals surface area contributed by atoms with E-state index >= 15 is 0 Å². The predicted octanol–water partition coefficient (Wildman–Crippen LogP) is 1.57. The zero-order valence-corrected chi connectivity index (χ0v) is 10.9. The van der Waals surface area contributed by atoms with E-state index in [1.807, 2.05) is 0 Å². The molecule has 1 atom stereocenters. The van der Waals surface area contributed by atoms with Crippen LogP contribution in [-0.4, -0.2) is 34.6 Å². The first-order valence-corrected chi connectivity index (χ1v) is 6.22. The average molecular weight is 288 g/mol. The number of nitrogens with zero attached hydrogens (tertiary/aromatic N) is 1. The fourth-order valence-electron chi connectivity index (χ4n) is 1.39. The summed E-state index contributed by atoms with van der Waals surface area (Å²) in [5.41, 5.74) is 5.06. The predicted molar refractivity (Wildman–Crippen MR) is 67.5 cm³/mol. The van der Waals surface area contributed by atoms with Crippen molar-refractivity contribution in [3.05, 3.63) is 28.8 Å². The number of carboxylic acids is 1. The van der Waals surface area contributed by atoms with Crippen molar-refractivity contribution < 1.29 is 14.7 Å². The number of urea groups is 1. The van der Waals surface area contributed by atoms with Crippen LogP contribution in [0.5, 0.6) is 0 Å². The van der Waals surface area contributed by atoms with Crippen molar-refractivity contribution in [3.63, 3.8) is 0 Å². The van der Waals surface area contributed by atoms with Gasteiger partial charge in [-0.3, -0.25) is 5.43 Å². The Hall–Kier alpha value is -1.44. The molecule has 18 heavy (non-hydrogen) atoms. The Balaban J connectivity index is 2.13. The lowest BCUT2D eigenvalue weighted by molar-refractivity contribution is 0.0697. The van der Waals surface area contributed by atoms with Crippen LogP contribution < -0.4 is 10.9 Å². The monoisotopic (exact) mass is 287 g/mol. The van der Waals surface area contributed by atoms with Crippen LogP contribution in [0, 0.1) is 0 Å². The fourth-order valence-corrected chi connectivity index (χ4v) is 2.68. The van der Waals surface area contributed by atoms with Gasteiger partial charge in [-0.2, -0.15) is 0 Å². The third-order valence-corrected chi connectivity index (χ3v) is 3.89. The van der Waals surface area contributed by atoms with Crippen molar-refractivity contribution in [2.24, 2.45) is 0 Å². The second kappa shape index (κ2) is 5.05. The average Bonchev–Trinajstić information content (AvgIpc) is 2.61. The molecular formula is C10H10ClN3O3S. The van der Waals surface area contributed by atoms with E-state index in [1.165, 1.54) is 22.7 Å². The summed E-state index contributed by atoms with van der Waals surface area (Å²) < 4.78 is 0. The van der Waals surface area contributed by atoms with E-state index in [1.54, 1.807) is 19.2 Å². The van der Waals surface area contributed by atoms with E-state index in [0.29, 0.717) is 0 Å². The second-order valence-corrected chi connectivity index (χ2v) is 5.16. The molecular weight excluding hydrogens is 278 g/mol. The minimum Gasteiger partial charge on any atom is -0.478 e. The molecule has 1 aromatic rings. The number of hydrogen-bond acceptors (Lipinski definition) is 4. The standard InChI is InChI=1S/C10H10ClN3O3S/c1-14-9(17)12-13-10(14)18-5-2-3-6(8(15)16)7(11)4-5/h2-4,10,13H,1H3,(H,12,17)(H,15,16). The first-order chi connectivity index (χ1) is 8.49. The lowest BCUT2D eigenvalue weighted by Crippen LogP contribution is -2.31. The first-order valence-electron chi connectivity index (χ1n) is 4.97. The summed E-state index contributed by atoms with van der Waals surface area (Å²) >= 11 is 7.22. The molecule has 1 fully saturated rings. The number of carbonyl (C=O) groups excluding carboxylic acids is 1. The van der Waals surface area contributed by atoms with Crippen LogP contribution in [0.25, 0.3) is 0 Å². The summed E-state index contributed by atoms with van der Waals surface area (Å²) in [6, 6.07) is 4.43. The highest BCUT2D eigenvalue weighted by atomic mass is 35.5. The van der Waals surface area contributed by atoms with Gasteiger partial charge >= 0.3 is 12.0 Å². The number of carboxylic acid groups (broad SMARTS) is 1. The number of aromatic carboxylic acids is 1. The number of halogens is 1. The fraction of sp³-hybridized carbons (Fsp3) is 0.200. The van der Waals surface area contributed by atoms with E-state index < -0.39 is 5.97 Å². The van der Waals surface area contributed by atoms with Crippen LogP contribution in [0.3, 0.4) is 0 Å². The van der Waals surface area contributed by atoms with Crippen molar-refractivity contribution in [2.45, 2.75) is 10.4 Å². The number of hydrazine groups is 1. The summed E-state index contributed by atoms with van der Waals surface area (Å²) in [4.78, 5) is 24.3. The van der Waals surface area contributed by atoms with Gasteiger partial charge in [0.1, 0.15) is 0 Å².